The van der Waals surface area contributed by atoms with Crippen molar-refractivity contribution in [3.05, 3.63) is 33.8 Å². The fourth-order valence-corrected chi connectivity index (χ4v) is 1.57. The summed E-state index contributed by atoms with van der Waals surface area (Å²) >= 11 is 11.5. The van der Waals surface area contributed by atoms with Crippen molar-refractivity contribution in [3.63, 3.8) is 0 Å². The Bertz CT molecular complexity index is 499. The van der Waals surface area contributed by atoms with E-state index in [2.05, 4.69) is 4.99 Å². The third kappa shape index (κ3) is 4.94. The zero-order valence-electron chi connectivity index (χ0n) is 8.10. The Kier molecular flexibility index (Phi) is 4.73. The molecule has 0 saturated heterocycles. The van der Waals surface area contributed by atoms with Crippen LogP contribution in [0.4, 0.5) is 0 Å². The third-order valence-electron chi connectivity index (χ3n) is 1.66. The van der Waals surface area contributed by atoms with E-state index in [9.17, 15) is 8.42 Å². The van der Waals surface area contributed by atoms with Gasteiger partial charge in [-0.25, -0.2) is 0 Å². The van der Waals surface area contributed by atoms with Gasteiger partial charge in [0, 0.05) is 6.21 Å². The summed E-state index contributed by atoms with van der Waals surface area (Å²) in [5.41, 5.74) is 0.713. The molecule has 0 spiro atoms. The molecule has 0 radical (unpaired) electrons. The topological polar surface area (TPSA) is 66.7 Å². The highest BCUT2D eigenvalue weighted by molar-refractivity contribution is 7.85. The lowest BCUT2D eigenvalue weighted by Crippen LogP contribution is -2.06. The Morgan fingerprint density at radius 2 is 2.00 bits per heavy atom. The fourth-order valence-electron chi connectivity index (χ4n) is 0.931. The molecule has 0 unspecified atom stereocenters. The average Bonchev–Trinajstić information content (AvgIpc) is 2.17. The molecule has 1 rings (SSSR count). The minimum Gasteiger partial charge on any atom is -0.291 e. The molecule has 0 aliphatic carbocycles. The van der Waals surface area contributed by atoms with Crippen LogP contribution in [0.15, 0.2) is 23.2 Å². The molecule has 0 aromatic heterocycles. The van der Waals surface area contributed by atoms with Crippen LogP contribution in [0.2, 0.25) is 10.0 Å². The number of benzene rings is 1. The van der Waals surface area contributed by atoms with Gasteiger partial charge >= 0.3 is 0 Å². The predicted molar refractivity (Wildman–Crippen MR) is 65.3 cm³/mol. The van der Waals surface area contributed by atoms with Crippen molar-refractivity contribution >= 4 is 39.5 Å². The van der Waals surface area contributed by atoms with E-state index in [1.54, 1.807) is 18.2 Å². The number of hydrogen-bond donors (Lipinski definition) is 1. The molecule has 0 amide bonds. The molecule has 0 atom stereocenters. The molecular formula is C9H9Cl2NO3S. The SMILES string of the molecule is O=S(=O)(O)CCN=Cc1ccc(Cl)c(Cl)c1. The minimum atomic E-state index is -3.95. The third-order valence-corrected chi connectivity index (χ3v) is 3.10. The molecule has 7 heteroatoms. The van der Waals surface area contributed by atoms with Crippen molar-refractivity contribution in [2.45, 2.75) is 0 Å². The van der Waals surface area contributed by atoms with Crippen molar-refractivity contribution in [2.24, 2.45) is 4.99 Å². The Labute approximate surface area is 104 Å². The van der Waals surface area contributed by atoms with E-state index in [-0.39, 0.29) is 6.54 Å². The van der Waals surface area contributed by atoms with Gasteiger partial charge in [0.1, 0.15) is 0 Å². The van der Waals surface area contributed by atoms with Gasteiger partial charge in [-0.15, -0.1) is 0 Å². The van der Waals surface area contributed by atoms with Crippen molar-refractivity contribution < 1.29 is 13.0 Å². The maximum absolute atomic E-state index is 10.4. The first-order valence-corrected chi connectivity index (χ1v) is 6.65. The maximum Gasteiger partial charge on any atom is 0.266 e. The molecule has 0 saturated carbocycles. The lowest BCUT2D eigenvalue weighted by Gasteiger charge is -1.97. The Balaban J connectivity index is 2.60. The van der Waals surface area contributed by atoms with Gasteiger partial charge in [0.05, 0.1) is 22.3 Å². The first kappa shape index (κ1) is 13.4. The van der Waals surface area contributed by atoms with Gasteiger partial charge in [0.25, 0.3) is 10.1 Å². The molecule has 1 aromatic carbocycles. The second-order valence-corrected chi connectivity index (χ2v) is 5.38. The smallest absolute Gasteiger partial charge is 0.266 e. The molecule has 4 nitrogen and oxygen atoms in total. The standard InChI is InChI=1S/C9H9Cl2NO3S/c10-8-2-1-7(5-9(8)11)6-12-3-4-16(13,14)15/h1-2,5-6H,3-4H2,(H,13,14,15). The summed E-state index contributed by atoms with van der Waals surface area (Å²) in [6.07, 6.45) is 1.47. The minimum absolute atomic E-state index is 0.000914. The van der Waals surface area contributed by atoms with Gasteiger partial charge in [-0.2, -0.15) is 8.42 Å². The van der Waals surface area contributed by atoms with Crippen LogP contribution in [0.1, 0.15) is 5.56 Å². The fraction of sp³-hybridized carbons (Fsp3) is 0.222. The summed E-state index contributed by atoms with van der Waals surface area (Å²) in [5.74, 6) is -0.398. The van der Waals surface area contributed by atoms with Crippen molar-refractivity contribution in [1.82, 2.24) is 0 Å². The monoisotopic (exact) mass is 281 g/mol. The lowest BCUT2D eigenvalue weighted by molar-refractivity contribution is 0.483. The zero-order chi connectivity index (χ0) is 12.2. The Morgan fingerprint density at radius 1 is 1.31 bits per heavy atom. The molecular weight excluding hydrogens is 273 g/mol. The molecule has 0 aliphatic heterocycles. The predicted octanol–water partition coefficient (Wildman–Crippen LogP) is 2.30. The Morgan fingerprint density at radius 3 is 2.56 bits per heavy atom. The second-order valence-electron chi connectivity index (χ2n) is 2.99. The number of halogens is 2. The molecule has 0 aliphatic rings. The molecule has 1 aromatic rings. The van der Waals surface area contributed by atoms with Crippen LogP contribution in [0, 0.1) is 0 Å². The van der Waals surface area contributed by atoms with E-state index in [1.165, 1.54) is 6.21 Å². The molecule has 16 heavy (non-hydrogen) atoms. The van der Waals surface area contributed by atoms with E-state index in [0.717, 1.165) is 0 Å². The van der Waals surface area contributed by atoms with Gasteiger partial charge < -0.3 is 0 Å². The van der Waals surface area contributed by atoms with Crippen LogP contribution in [-0.2, 0) is 10.1 Å². The van der Waals surface area contributed by atoms with Gasteiger partial charge in [-0.1, -0.05) is 29.3 Å². The van der Waals surface area contributed by atoms with Gasteiger partial charge in [-0.3, -0.25) is 9.55 Å². The van der Waals surface area contributed by atoms with E-state index >= 15 is 0 Å². The summed E-state index contributed by atoms with van der Waals surface area (Å²) in [6.45, 7) is -0.000914. The summed E-state index contributed by atoms with van der Waals surface area (Å²) in [7, 11) is -3.95. The molecule has 1 N–H and O–H groups in total. The first-order chi connectivity index (χ1) is 7.38. The summed E-state index contributed by atoms with van der Waals surface area (Å²) in [6, 6.07) is 4.93. The lowest BCUT2D eigenvalue weighted by atomic mass is 10.2. The first-order valence-electron chi connectivity index (χ1n) is 4.28. The molecule has 88 valence electrons. The van der Waals surface area contributed by atoms with Gasteiger partial charge in [0.2, 0.25) is 0 Å². The van der Waals surface area contributed by atoms with Crippen LogP contribution >= 0.6 is 23.2 Å². The molecule has 0 bridgehead atoms. The summed E-state index contributed by atoms with van der Waals surface area (Å²) < 4.78 is 29.2. The highest BCUT2D eigenvalue weighted by Gasteiger charge is 2.01. The quantitative estimate of drug-likeness (QED) is 0.680. The number of rotatable bonds is 4. The van der Waals surface area contributed by atoms with Crippen molar-refractivity contribution in [1.29, 1.82) is 0 Å². The van der Waals surface area contributed by atoms with E-state index in [1.807, 2.05) is 0 Å². The zero-order valence-corrected chi connectivity index (χ0v) is 10.4. The van der Waals surface area contributed by atoms with E-state index in [0.29, 0.717) is 15.6 Å². The van der Waals surface area contributed by atoms with Gasteiger partial charge in [-0.05, 0) is 17.7 Å². The number of hydrogen-bond acceptors (Lipinski definition) is 3. The normalized spacial score (nSPS) is 12.2. The van der Waals surface area contributed by atoms with Crippen LogP contribution in [0.3, 0.4) is 0 Å². The number of aliphatic imine (C=N–C) groups is 1. The van der Waals surface area contributed by atoms with Crippen molar-refractivity contribution in [2.75, 3.05) is 12.3 Å². The number of nitrogens with zero attached hydrogens (tertiary/aromatic N) is 1. The summed E-state index contributed by atoms with van der Waals surface area (Å²) in [5, 5.41) is 0.845. The highest BCUT2D eigenvalue weighted by atomic mass is 35.5. The van der Waals surface area contributed by atoms with Crippen molar-refractivity contribution in [3.8, 4) is 0 Å². The van der Waals surface area contributed by atoms with E-state index < -0.39 is 15.9 Å². The van der Waals surface area contributed by atoms with Gasteiger partial charge in [0.15, 0.2) is 0 Å². The second kappa shape index (κ2) is 5.63. The Hall–Kier alpha value is -0.620. The largest absolute Gasteiger partial charge is 0.291 e. The van der Waals surface area contributed by atoms with Crippen LogP contribution < -0.4 is 0 Å². The summed E-state index contributed by atoms with van der Waals surface area (Å²) in [4.78, 5) is 3.83. The van der Waals surface area contributed by atoms with E-state index in [4.69, 9.17) is 27.8 Å². The highest BCUT2D eigenvalue weighted by Crippen LogP contribution is 2.21. The average molecular weight is 282 g/mol. The molecule has 0 fully saturated rings. The maximum atomic E-state index is 10.4. The molecule has 0 heterocycles. The van der Waals surface area contributed by atoms with Crippen LogP contribution in [0.5, 0.6) is 0 Å². The van der Waals surface area contributed by atoms with Crippen LogP contribution in [-0.4, -0.2) is 31.5 Å². The van der Waals surface area contributed by atoms with Crippen LogP contribution in [0.25, 0.3) is 0 Å².